The third kappa shape index (κ3) is 2.89. The molecule has 0 heterocycles. The molecule has 0 aliphatic carbocycles. The predicted octanol–water partition coefficient (Wildman–Crippen LogP) is 1.12. The molecule has 0 saturated heterocycles. The number of aliphatic carboxylic acids is 1. The van der Waals surface area contributed by atoms with Crippen molar-refractivity contribution in [2.45, 2.75) is 4.90 Å². The van der Waals surface area contributed by atoms with Crippen molar-refractivity contribution in [3.8, 4) is 0 Å². The van der Waals surface area contributed by atoms with Crippen LogP contribution in [0.25, 0.3) is 0 Å². The number of benzene rings is 1. The molecule has 0 aliphatic heterocycles. The van der Waals surface area contributed by atoms with Crippen molar-refractivity contribution < 1.29 is 23.1 Å². The minimum atomic E-state index is -3.48. The van der Waals surface area contributed by atoms with Crippen LogP contribution in [-0.2, 0) is 14.6 Å². The molecule has 0 atom stereocenters. The Hall–Kier alpha value is -1.21. The highest BCUT2D eigenvalue weighted by atomic mass is 79.9. The Kier molecular flexibility index (Phi) is 3.49. The van der Waals surface area contributed by atoms with Gasteiger partial charge < -0.3 is 5.11 Å². The van der Waals surface area contributed by atoms with Crippen molar-refractivity contribution in [1.82, 2.24) is 0 Å². The van der Waals surface area contributed by atoms with E-state index in [9.17, 15) is 18.0 Å². The number of carboxylic acid groups (broad SMARTS) is 1. The molecule has 1 N–H and O–H groups in total. The normalized spacial score (nSPS) is 11.1. The smallest absolute Gasteiger partial charge is 0.377 e. The molecule has 0 fully saturated rings. The molecule has 0 radical (unpaired) electrons. The lowest BCUT2D eigenvalue weighted by Gasteiger charge is -2.02. The molecule has 0 aliphatic rings. The zero-order valence-corrected chi connectivity index (χ0v) is 10.5. The Balaban J connectivity index is 3.40. The van der Waals surface area contributed by atoms with Crippen LogP contribution >= 0.6 is 15.9 Å². The Morgan fingerprint density at radius 2 is 1.81 bits per heavy atom. The average molecular weight is 307 g/mol. The SMILES string of the molecule is CS(=O)(=O)c1cc(Br)cc(C(=O)C(=O)O)c1. The summed E-state index contributed by atoms with van der Waals surface area (Å²) < 4.78 is 22.8. The highest BCUT2D eigenvalue weighted by Crippen LogP contribution is 2.20. The summed E-state index contributed by atoms with van der Waals surface area (Å²) in [5.41, 5.74) is -0.178. The zero-order valence-electron chi connectivity index (χ0n) is 8.10. The van der Waals surface area contributed by atoms with Gasteiger partial charge in [-0.2, -0.15) is 0 Å². The molecule has 1 rings (SSSR count). The van der Waals surface area contributed by atoms with E-state index in [1.54, 1.807) is 0 Å². The maximum absolute atomic E-state index is 11.3. The molecular formula is C9H7BrO5S. The fraction of sp³-hybridized carbons (Fsp3) is 0.111. The number of carbonyl (C=O) groups is 2. The van der Waals surface area contributed by atoms with Gasteiger partial charge in [-0.3, -0.25) is 4.79 Å². The fourth-order valence-corrected chi connectivity index (χ4v) is 2.36. The van der Waals surface area contributed by atoms with Gasteiger partial charge in [-0.05, 0) is 18.2 Å². The van der Waals surface area contributed by atoms with E-state index < -0.39 is 21.6 Å². The van der Waals surface area contributed by atoms with Gasteiger partial charge in [-0.1, -0.05) is 15.9 Å². The quantitative estimate of drug-likeness (QED) is 0.668. The molecule has 0 aromatic heterocycles. The second kappa shape index (κ2) is 4.34. The van der Waals surface area contributed by atoms with Crippen LogP contribution < -0.4 is 0 Å². The maximum atomic E-state index is 11.3. The van der Waals surface area contributed by atoms with Crippen LogP contribution in [-0.4, -0.2) is 31.5 Å². The van der Waals surface area contributed by atoms with E-state index in [-0.39, 0.29) is 10.5 Å². The van der Waals surface area contributed by atoms with Gasteiger partial charge in [-0.25, -0.2) is 13.2 Å². The van der Waals surface area contributed by atoms with Gasteiger partial charge in [0.15, 0.2) is 9.84 Å². The number of carboxylic acids is 1. The first-order chi connectivity index (χ1) is 7.21. The predicted molar refractivity (Wildman–Crippen MR) is 59.2 cm³/mol. The molecule has 0 bridgehead atoms. The van der Waals surface area contributed by atoms with E-state index in [0.717, 1.165) is 12.3 Å². The van der Waals surface area contributed by atoms with Crippen molar-refractivity contribution in [3.05, 3.63) is 28.2 Å². The summed E-state index contributed by atoms with van der Waals surface area (Å²) in [7, 11) is -3.48. The molecule has 1 aromatic carbocycles. The first-order valence-corrected chi connectivity index (χ1v) is 6.68. The van der Waals surface area contributed by atoms with Gasteiger partial charge in [0.25, 0.3) is 5.78 Å². The molecule has 86 valence electrons. The Morgan fingerprint density at radius 3 is 2.25 bits per heavy atom. The fourth-order valence-electron chi connectivity index (χ4n) is 1.03. The van der Waals surface area contributed by atoms with E-state index in [1.807, 2.05) is 0 Å². The number of hydrogen-bond acceptors (Lipinski definition) is 4. The molecule has 0 unspecified atom stereocenters. The lowest BCUT2D eigenvalue weighted by atomic mass is 10.1. The summed E-state index contributed by atoms with van der Waals surface area (Å²) in [5.74, 6) is -2.77. The molecule has 0 amide bonds. The molecule has 5 nitrogen and oxygen atoms in total. The standard InChI is InChI=1S/C9H7BrO5S/c1-16(14,15)7-3-5(2-6(10)4-7)8(11)9(12)13/h2-4H,1H3,(H,12,13). The van der Waals surface area contributed by atoms with Crippen molar-refractivity contribution in [2.24, 2.45) is 0 Å². The van der Waals surface area contributed by atoms with Crippen LogP contribution in [0.1, 0.15) is 10.4 Å². The summed E-state index contributed by atoms with van der Waals surface area (Å²) in [4.78, 5) is 21.5. The number of Topliss-reactive ketones (excluding diaryl/α,β-unsaturated/α-hetero) is 1. The Morgan fingerprint density at radius 1 is 1.25 bits per heavy atom. The second-order valence-corrected chi connectivity index (χ2v) is 6.01. The molecule has 1 aromatic rings. The van der Waals surface area contributed by atoms with E-state index in [4.69, 9.17) is 5.11 Å². The summed E-state index contributed by atoms with van der Waals surface area (Å²) in [5, 5.41) is 8.51. The summed E-state index contributed by atoms with van der Waals surface area (Å²) in [6, 6.07) is 3.59. The number of ketones is 1. The van der Waals surface area contributed by atoms with E-state index in [2.05, 4.69) is 15.9 Å². The van der Waals surface area contributed by atoms with Crippen LogP contribution in [0.2, 0.25) is 0 Å². The van der Waals surface area contributed by atoms with Crippen LogP contribution in [0.4, 0.5) is 0 Å². The minimum absolute atomic E-state index is 0.105. The first-order valence-electron chi connectivity index (χ1n) is 4.00. The first kappa shape index (κ1) is 12.9. The number of sulfone groups is 1. The molecule has 16 heavy (non-hydrogen) atoms. The molecule has 0 spiro atoms. The number of halogens is 1. The van der Waals surface area contributed by atoms with Gasteiger partial charge in [0.1, 0.15) is 0 Å². The van der Waals surface area contributed by atoms with Gasteiger partial charge in [0.05, 0.1) is 4.90 Å². The third-order valence-electron chi connectivity index (χ3n) is 1.76. The van der Waals surface area contributed by atoms with Gasteiger partial charge in [-0.15, -0.1) is 0 Å². The summed E-state index contributed by atoms with van der Waals surface area (Å²) in [6.45, 7) is 0. The summed E-state index contributed by atoms with van der Waals surface area (Å²) in [6.07, 6.45) is 0.976. The molecule has 7 heteroatoms. The highest BCUT2D eigenvalue weighted by molar-refractivity contribution is 9.10. The molecular weight excluding hydrogens is 300 g/mol. The minimum Gasteiger partial charge on any atom is -0.475 e. The lowest BCUT2D eigenvalue weighted by Crippen LogP contribution is -2.13. The third-order valence-corrected chi connectivity index (χ3v) is 3.31. The van der Waals surface area contributed by atoms with E-state index in [0.29, 0.717) is 4.47 Å². The monoisotopic (exact) mass is 306 g/mol. The molecule has 0 saturated carbocycles. The maximum Gasteiger partial charge on any atom is 0.377 e. The Labute approximate surface area is 100 Å². The van der Waals surface area contributed by atoms with E-state index in [1.165, 1.54) is 12.1 Å². The van der Waals surface area contributed by atoms with Crippen LogP contribution in [0.15, 0.2) is 27.6 Å². The van der Waals surface area contributed by atoms with Crippen molar-refractivity contribution >= 4 is 37.5 Å². The zero-order chi connectivity index (χ0) is 12.5. The van der Waals surface area contributed by atoms with Gasteiger partial charge in [0, 0.05) is 16.3 Å². The highest BCUT2D eigenvalue weighted by Gasteiger charge is 2.18. The van der Waals surface area contributed by atoms with E-state index >= 15 is 0 Å². The Bertz CT molecular complexity index is 561. The number of hydrogen-bond donors (Lipinski definition) is 1. The summed E-state index contributed by atoms with van der Waals surface area (Å²) >= 11 is 3.01. The lowest BCUT2D eigenvalue weighted by molar-refractivity contribution is -0.131. The van der Waals surface area contributed by atoms with Gasteiger partial charge in [0.2, 0.25) is 0 Å². The average Bonchev–Trinajstić information content (AvgIpc) is 2.14. The van der Waals surface area contributed by atoms with Crippen molar-refractivity contribution in [3.63, 3.8) is 0 Å². The topological polar surface area (TPSA) is 88.5 Å². The van der Waals surface area contributed by atoms with Crippen LogP contribution in [0.3, 0.4) is 0 Å². The second-order valence-electron chi connectivity index (χ2n) is 3.08. The number of rotatable bonds is 3. The van der Waals surface area contributed by atoms with Crippen LogP contribution in [0, 0.1) is 0 Å². The largest absolute Gasteiger partial charge is 0.475 e. The number of carbonyl (C=O) groups excluding carboxylic acids is 1. The van der Waals surface area contributed by atoms with Crippen molar-refractivity contribution in [1.29, 1.82) is 0 Å². The van der Waals surface area contributed by atoms with Crippen molar-refractivity contribution in [2.75, 3.05) is 6.26 Å². The van der Waals surface area contributed by atoms with Gasteiger partial charge >= 0.3 is 5.97 Å². The van der Waals surface area contributed by atoms with Crippen LogP contribution in [0.5, 0.6) is 0 Å².